The summed E-state index contributed by atoms with van der Waals surface area (Å²) in [5.41, 5.74) is 0.584. The first-order valence-corrected chi connectivity index (χ1v) is 7.64. The summed E-state index contributed by atoms with van der Waals surface area (Å²) in [6.07, 6.45) is 5.39. The van der Waals surface area contributed by atoms with Crippen LogP contribution in [0, 0.1) is 5.92 Å². The molecular weight excluding hydrogens is 268 g/mol. The van der Waals surface area contributed by atoms with E-state index in [1.54, 1.807) is 18.2 Å². The van der Waals surface area contributed by atoms with Crippen LogP contribution in [0.25, 0.3) is 0 Å². The van der Waals surface area contributed by atoms with Crippen LogP contribution in [0.2, 0.25) is 0 Å². The summed E-state index contributed by atoms with van der Waals surface area (Å²) in [5.74, 6) is 0.857. The molecule has 0 bridgehead atoms. The molecule has 1 atom stereocenters. The lowest BCUT2D eigenvalue weighted by Gasteiger charge is -2.14. The number of urea groups is 1. The Bertz CT molecular complexity index is 459. The van der Waals surface area contributed by atoms with Gasteiger partial charge in [0.1, 0.15) is 5.75 Å². The number of phenolic OH excluding ortho intramolecular Hbond substituents is 1. The third-order valence-corrected chi connectivity index (χ3v) is 4.02. The quantitative estimate of drug-likeness (QED) is 0.649. The van der Waals surface area contributed by atoms with Gasteiger partial charge >= 0.3 is 6.03 Å². The normalized spacial score (nSPS) is 16.6. The average Bonchev–Trinajstić information content (AvgIpc) is 2.98. The van der Waals surface area contributed by atoms with E-state index in [1.807, 2.05) is 0 Å². The summed E-state index contributed by atoms with van der Waals surface area (Å²) < 4.78 is 0. The standard InChI is InChI=1S/C16H24N2O3/c19-14-7-3-6-13(10-14)15(20)11-18-16(21)17-9-8-12-4-1-2-5-12/h3,6-7,10,12,15,19-20H,1-2,4-5,8-9,11H2,(H2,17,18,21). The molecule has 1 aliphatic rings. The fourth-order valence-electron chi connectivity index (χ4n) is 2.79. The van der Waals surface area contributed by atoms with Gasteiger partial charge in [-0.05, 0) is 30.0 Å². The van der Waals surface area contributed by atoms with Crippen LogP contribution in [0.5, 0.6) is 5.75 Å². The maximum atomic E-state index is 11.6. The molecule has 1 fully saturated rings. The van der Waals surface area contributed by atoms with Crippen molar-refractivity contribution >= 4 is 6.03 Å². The Kier molecular flexibility index (Phi) is 5.87. The fraction of sp³-hybridized carbons (Fsp3) is 0.562. The number of hydrogen-bond donors (Lipinski definition) is 4. The van der Waals surface area contributed by atoms with E-state index in [2.05, 4.69) is 10.6 Å². The lowest BCUT2D eigenvalue weighted by molar-refractivity contribution is 0.172. The summed E-state index contributed by atoms with van der Waals surface area (Å²) >= 11 is 0. The van der Waals surface area contributed by atoms with Crippen LogP contribution in [0.1, 0.15) is 43.8 Å². The Morgan fingerprint density at radius 1 is 1.29 bits per heavy atom. The highest BCUT2D eigenvalue weighted by Gasteiger charge is 2.15. The van der Waals surface area contributed by atoms with Crippen molar-refractivity contribution < 1.29 is 15.0 Å². The Hall–Kier alpha value is -1.75. The summed E-state index contributed by atoms with van der Waals surface area (Å²) in [6, 6.07) is 6.15. The van der Waals surface area contributed by atoms with Crippen LogP contribution in [-0.4, -0.2) is 29.3 Å². The minimum absolute atomic E-state index is 0.104. The van der Waals surface area contributed by atoms with Gasteiger partial charge in [-0.1, -0.05) is 37.8 Å². The number of phenols is 1. The molecule has 1 saturated carbocycles. The van der Waals surface area contributed by atoms with E-state index in [0.717, 1.165) is 12.3 Å². The molecule has 5 nitrogen and oxygen atoms in total. The van der Waals surface area contributed by atoms with Crippen molar-refractivity contribution in [3.63, 3.8) is 0 Å². The lowest BCUT2D eigenvalue weighted by atomic mass is 10.0. The van der Waals surface area contributed by atoms with Crippen LogP contribution >= 0.6 is 0 Å². The first kappa shape index (κ1) is 15.6. The molecule has 116 valence electrons. The highest BCUT2D eigenvalue weighted by molar-refractivity contribution is 5.73. The van der Waals surface area contributed by atoms with Crippen molar-refractivity contribution in [3.8, 4) is 5.75 Å². The number of hydrogen-bond acceptors (Lipinski definition) is 3. The number of benzene rings is 1. The summed E-state index contributed by atoms with van der Waals surface area (Å²) in [6.45, 7) is 0.803. The minimum Gasteiger partial charge on any atom is -0.508 e. The van der Waals surface area contributed by atoms with Gasteiger partial charge in [-0.15, -0.1) is 0 Å². The number of carbonyl (C=O) groups is 1. The molecule has 0 heterocycles. The molecule has 21 heavy (non-hydrogen) atoms. The molecule has 0 aliphatic heterocycles. The molecule has 0 spiro atoms. The van der Waals surface area contributed by atoms with Gasteiger partial charge < -0.3 is 20.8 Å². The lowest BCUT2D eigenvalue weighted by Crippen LogP contribution is -2.38. The molecular formula is C16H24N2O3. The van der Waals surface area contributed by atoms with Crippen LogP contribution in [0.15, 0.2) is 24.3 Å². The Morgan fingerprint density at radius 3 is 2.76 bits per heavy atom. The van der Waals surface area contributed by atoms with Gasteiger partial charge in [-0.2, -0.15) is 0 Å². The van der Waals surface area contributed by atoms with Gasteiger partial charge in [-0.25, -0.2) is 4.79 Å². The zero-order valence-corrected chi connectivity index (χ0v) is 12.2. The molecule has 1 aliphatic carbocycles. The number of carbonyl (C=O) groups excluding carboxylic acids is 1. The van der Waals surface area contributed by atoms with Crippen LogP contribution in [0.4, 0.5) is 4.79 Å². The highest BCUT2D eigenvalue weighted by atomic mass is 16.3. The van der Waals surface area contributed by atoms with Gasteiger partial charge in [0.15, 0.2) is 0 Å². The number of aromatic hydroxyl groups is 1. The number of aliphatic hydroxyl groups is 1. The second kappa shape index (κ2) is 7.88. The van der Waals surface area contributed by atoms with Crippen molar-refractivity contribution in [3.05, 3.63) is 29.8 Å². The number of amides is 2. The third kappa shape index (κ3) is 5.27. The monoisotopic (exact) mass is 292 g/mol. The van der Waals surface area contributed by atoms with Gasteiger partial charge in [0.2, 0.25) is 0 Å². The van der Waals surface area contributed by atoms with E-state index in [9.17, 15) is 15.0 Å². The molecule has 4 N–H and O–H groups in total. The SMILES string of the molecule is O=C(NCCC1CCCC1)NCC(O)c1cccc(O)c1. The topological polar surface area (TPSA) is 81.6 Å². The second-order valence-corrected chi connectivity index (χ2v) is 5.69. The number of nitrogens with one attached hydrogen (secondary N) is 2. The van der Waals surface area contributed by atoms with E-state index >= 15 is 0 Å². The van der Waals surface area contributed by atoms with Crippen molar-refractivity contribution in [1.82, 2.24) is 10.6 Å². The van der Waals surface area contributed by atoms with E-state index in [4.69, 9.17) is 0 Å². The zero-order chi connectivity index (χ0) is 15.1. The van der Waals surface area contributed by atoms with Crippen molar-refractivity contribution in [2.45, 2.75) is 38.2 Å². The Labute approximate surface area is 125 Å². The summed E-state index contributed by atoms with van der Waals surface area (Å²) in [5, 5.41) is 24.7. The first-order chi connectivity index (χ1) is 10.1. The Balaban J connectivity index is 1.63. The largest absolute Gasteiger partial charge is 0.508 e. The minimum atomic E-state index is -0.822. The molecule has 2 rings (SSSR count). The smallest absolute Gasteiger partial charge is 0.314 e. The first-order valence-electron chi connectivity index (χ1n) is 7.64. The molecule has 0 aromatic heterocycles. The van der Waals surface area contributed by atoms with E-state index in [-0.39, 0.29) is 18.3 Å². The van der Waals surface area contributed by atoms with Gasteiger partial charge in [0, 0.05) is 13.1 Å². The molecule has 1 aromatic carbocycles. The molecule has 0 saturated heterocycles. The van der Waals surface area contributed by atoms with Gasteiger partial charge in [0.25, 0.3) is 0 Å². The van der Waals surface area contributed by atoms with Crippen molar-refractivity contribution in [1.29, 1.82) is 0 Å². The zero-order valence-electron chi connectivity index (χ0n) is 12.2. The number of rotatable bonds is 6. The van der Waals surface area contributed by atoms with Crippen LogP contribution in [0.3, 0.4) is 0 Å². The van der Waals surface area contributed by atoms with E-state index in [1.165, 1.54) is 31.7 Å². The van der Waals surface area contributed by atoms with Crippen molar-refractivity contribution in [2.24, 2.45) is 5.92 Å². The van der Waals surface area contributed by atoms with Gasteiger partial charge in [0.05, 0.1) is 6.10 Å². The van der Waals surface area contributed by atoms with E-state index in [0.29, 0.717) is 12.1 Å². The average molecular weight is 292 g/mol. The Morgan fingerprint density at radius 2 is 2.05 bits per heavy atom. The predicted octanol–water partition coefficient (Wildman–Crippen LogP) is 2.31. The second-order valence-electron chi connectivity index (χ2n) is 5.69. The maximum Gasteiger partial charge on any atom is 0.314 e. The molecule has 1 aromatic rings. The van der Waals surface area contributed by atoms with Crippen molar-refractivity contribution in [2.75, 3.05) is 13.1 Å². The fourth-order valence-corrected chi connectivity index (χ4v) is 2.79. The maximum absolute atomic E-state index is 11.6. The van der Waals surface area contributed by atoms with Crippen LogP contribution < -0.4 is 10.6 Å². The van der Waals surface area contributed by atoms with Crippen LogP contribution in [-0.2, 0) is 0 Å². The number of aliphatic hydroxyl groups excluding tert-OH is 1. The highest BCUT2D eigenvalue weighted by Crippen LogP contribution is 2.26. The summed E-state index contributed by atoms with van der Waals surface area (Å²) in [7, 11) is 0. The van der Waals surface area contributed by atoms with E-state index < -0.39 is 6.10 Å². The molecule has 0 radical (unpaired) electrons. The molecule has 5 heteroatoms. The molecule has 2 amide bonds. The third-order valence-electron chi connectivity index (χ3n) is 4.02. The predicted molar refractivity (Wildman–Crippen MR) is 81.0 cm³/mol. The summed E-state index contributed by atoms with van der Waals surface area (Å²) in [4.78, 5) is 11.6. The molecule has 1 unspecified atom stereocenters. The van der Waals surface area contributed by atoms with Gasteiger partial charge in [-0.3, -0.25) is 0 Å².